The van der Waals surface area contributed by atoms with E-state index in [1.165, 1.54) is 11.8 Å². The Bertz CT molecular complexity index is 659. The van der Waals surface area contributed by atoms with Crippen molar-refractivity contribution < 1.29 is 9.53 Å². The molecule has 2 rings (SSSR count). The zero-order valence-corrected chi connectivity index (χ0v) is 14.4. The molecule has 22 heavy (non-hydrogen) atoms. The lowest BCUT2D eigenvalue weighted by Gasteiger charge is -2.14. The Kier molecular flexibility index (Phi) is 6.00. The molecule has 0 saturated carbocycles. The van der Waals surface area contributed by atoms with Crippen LogP contribution in [-0.4, -0.2) is 18.3 Å². The first-order valence-electron chi connectivity index (χ1n) is 6.57. The second kappa shape index (κ2) is 7.77. The minimum atomic E-state index is -0.306. The molecule has 2 aromatic rings. The molecule has 0 spiro atoms. The molecule has 0 bridgehead atoms. The van der Waals surface area contributed by atoms with Gasteiger partial charge in [-0.25, -0.2) is 0 Å². The molecule has 0 aliphatic rings. The Morgan fingerprint density at radius 2 is 1.82 bits per heavy atom. The van der Waals surface area contributed by atoms with E-state index >= 15 is 0 Å². The highest BCUT2D eigenvalue weighted by Crippen LogP contribution is 2.32. The lowest BCUT2D eigenvalue weighted by Crippen LogP contribution is -2.22. The van der Waals surface area contributed by atoms with Crippen LogP contribution >= 0.6 is 35.0 Å². The lowest BCUT2D eigenvalue weighted by molar-refractivity contribution is -0.115. The van der Waals surface area contributed by atoms with Crippen LogP contribution in [0.4, 0.5) is 5.69 Å². The van der Waals surface area contributed by atoms with Gasteiger partial charge in [-0.15, -0.1) is 11.8 Å². The summed E-state index contributed by atoms with van der Waals surface area (Å²) in [7, 11) is 1.61. The number of nitrogens with one attached hydrogen (secondary N) is 1. The smallest absolute Gasteiger partial charge is 0.237 e. The van der Waals surface area contributed by atoms with Gasteiger partial charge in [0.15, 0.2) is 0 Å². The van der Waals surface area contributed by atoms with Gasteiger partial charge in [0.1, 0.15) is 5.75 Å². The van der Waals surface area contributed by atoms with E-state index in [0.717, 1.165) is 10.6 Å². The number of anilines is 1. The molecule has 116 valence electrons. The summed E-state index contributed by atoms with van der Waals surface area (Å²) in [5.74, 6) is 0.592. The second-order valence-corrected chi connectivity index (χ2v) is 6.75. The normalized spacial score (nSPS) is 11.8. The maximum atomic E-state index is 12.3. The molecule has 0 aromatic heterocycles. The van der Waals surface area contributed by atoms with Gasteiger partial charge in [-0.1, -0.05) is 35.3 Å². The Morgan fingerprint density at radius 3 is 2.45 bits per heavy atom. The van der Waals surface area contributed by atoms with Crippen molar-refractivity contribution >= 4 is 46.6 Å². The Labute approximate surface area is 144 Å². The maximum Gasteiger partial charge on any atom is 0.237 e. The Balaban J connectivity index is 2.06. The van der Waals surface area contributed by atoms with Crippen LogP contribution in [0.15, 0.2) is 47.4 Å². The summed E-state index contributed by atoms with van der Waals surface area (Å²) >= 11 is 13.5. The third-order valence-corrected chi connectivity index (χ3v) is 4.66. The SMILES string of the molecule is COc1cccc(SC(C)C(=O)Nc2c(Cl)cccc2Cl)c1. The molecule has 0 aliphatic heterocycles. The number of rotatable bonds is 5. The number of methoxy groups -OCH3 is 1. The van der Waals surface area contributed by atoms with Gasteiger partial charge in [-0.3, -0.25) is 4.79 Å². The van der Waals surface area contributed by atoms with Crippen molar-refractivity contribution in [3.8, 4) is 5.75 Å². The van der Waals surface area contributed by atoms with E-state index in [2.05, 4.69) is 5.32 Å². The number of hydrogen-bond acceptors (Lipinski definition) is 3. The van der Waals surface area contributed by atoms with Crippen molar-refractivity contribution in [1.82, 2.24) is 0 Å². The number of thioether (sulfide) groups is 1. The van der Waals surface area contributed by atoms with Gasteiger partial charge in [0.2, 0.25) is 5.91 Å². The summed E-state index contributed by atoms with van der Waals surface area (Å²) in [6.45, 7) is 1.82. The van der Waals surface area contributed by atoms with Gasteiger partial charge in [0.25, 0.3) is 0 Å². The van der Waals surface area contributed by atoms with Crippen LogP contribution in [-0.2, 0) is 4.79 Å². The Morgan fingerprint density at radius 1 is 1.18 bits per heavy atom. The zero-order valence-electron chi connectivity index (χ0n) is 12.1. The van der Waals surface area contributed by atoms with Gasteiger partial charge >= 0.3 is 0 Å². The van der Waals surface area contributed by atoms with Crippen molar-refractivity contribution in [2.75, 3.05) is 12.4 Å². The van der Waals surface area contributed by atoms with Gasteiger partial charge in [-0.2, -0.15) is 0 Å². The molecular weight excluding hydrogens is 341 g/mol. The monoisotopic (exact) mass is 355 g/mol. The van der Waals surface area contributed by atoms with Crippen LogP contribution in [0.5, 0.6) is 5.75 Å². The number of hydrogen-bond donors (Lipinski definition) is 1. The van der Waals surface area contributed by atoms with E-state index in [-0.39, 0.29) is 11.2 Å². The van der Waals surface area contributed by atoms with E-state index in [0.29, 0.717) is 15.7 Å². The van der Waals surface area contributed by atoms with Crippen LogP contribution in [0.25, 0.3) is 0 Å². The third-order valence-electron chi connectivity index (χ3n) is 2.93. The standard InChI is InChI=1S/C16H15Cl2NO2S/c1-10(22-12-6-3-5-11(9-12)21-2)16(20)19-15-13(17)7-4-8-14(15)18/h3-10H,1-2H3,(H,19,20). The number of halogens is 2. The number of amides is 1. The van der Waals surface area contributed by atoms with Gasteiger partial charge in [0.05, 0.1) is 28.1 Å². The molecule has 0 fully saturated rings. The van der Waals surface area contributed by atoms with Gasteiger partial charge in [-0.05, 0) is 37.3 Å². The van der Waals surface area contributed by atoms with Crippen molar-refractivity contribution in [3.05, 3.63) is 52.5 Å². The number of carbonyl (C=O) groups excluding carboxylic acids is 1. The van der Waals surface area contributed by atoms with Crippen LogP contribution < -0.4 is 10.1 Å². The quantitative estimate of drug-likeness (QED) is 0.756. The topological polar surface area (TPSA) is 38.3 Å². The summed E-state index contributed by atoms with van der Waals surface area (Å²) in [6, 6.07) is 12.7. The predicted octanol–water partition coefficient (Wildman–Crippen LogP) is 5.12. The molecule has 1 unspecified atom stereocenters. The second-order valence-electron chi connectivity index (χ2n) is 4.52. The molecule has 2 aromatic carbocycles. The zero-order chi connectivity index (χ0) is 16.1. The molecule has 0 heterocycles. The lowest BCUT2D eigenvalue weighted by atomic mass is 10.3. The minimum Gasteiger partial charge on any atom is -0.497 e. The predicted molar refractivity (Wildman–Crippen MR) is 93.4 cm³/mol. The van der Waals surface area contributed by atoms with Crippen LogP contribution in [0.1, 0.15) is 6.92 Å². The first-order valence-corrected chi connectivity index (χ1v) is 8.20. The molecule has 1 atom stereocenters. The summed E-state index contributed by atoms with van der Waals surface area (Å²) < 4.78 is 5.18. The summed E-state index contributed by atoms with van der Waals surface area (Å²) in [5.41, 5.74) is 0.439. The average Bonchev–Trinajstić information content (AvgIpc) is 2.51. The maximum absolute atomic E-state index is 12.3. The average molecular weight is 356 g/mol. The van der Waals surface area contributed by atoms with Crippen LogP contribution in [0.3, 0.4) is 0 Å². The minimum absolute atomic E-state index is 0.164. The van der Waals surface area contributed by atoms with E-state index in [1.807, 2.05) is 31.2 Å². The Hall–Kier alpha value is -1.36. The number of para-hydroxylation sites is 1. The first kappa shape index (κ1) is 17.0. The summed E-state index contributed by atoms with van der Waals surface area (Å²) in [4.78, 5) is 13.2. The van der Waals surface area contributed by atoms with E-state index < -0.39 is 0 Å². The van der Waals surface area contributed by atoms with Gasteiger partial charge in [0, 0.05) is 4.90 Å². The molecule has 1 amide bonds. The molecular formula is C16H15Cl2NO2S. The molecule has 0 saturated heterocycles. The summed E-state index contributed by atoms with van der Waals surface area (Å²) in [6.07, 6.45) is 0. The van der Waals surface area contributed by atoms with Crippen molar-refractivity contribution in [2.45, 2.75) is 17.1 Å². The summed E-state index contributed by atoms with van der Waals surface area (Å²) in [5, 5.41) is 3.30. The van der Waals surface area contributed by atoms with Crippen molar-refractivity contribution in [2.24, 2.45) is 0 Å². The first-order chi connectivity index (χ1) is 10.5. The number of carbonyl (C=O) groups is 1. The fourth-order valence-electron chi connectivity index (χ4n) is 1.77. The van der Waals surface area contributed by atoms with Gasteiger partial charge < -0.3 is 10.1 Å². The third kappa shape index (κ3) is 4.32. The highest BCUT2D eigenvalue weighted by atomic mass is 35.5. The molecule has 0 radical (unpaired) electrons. The molecule has 0 aliphatic carbocycles. The highest BCUT2D eigenvalue weighted by molar-refractivity contribution is 8.00. The largest absolute Gasteiger partial charge is 0.497 e. The van der Waals surface area contributed by atoms with E-state index in [1.54, 1.807) is 25.3 Å². The number of benzene rings is 2. The number of ether oxygens (including phenoxy) is 1. The van der Waals surface area contributed by atoms with Crippen LogP contribution in [0, 0.1) is 0 Å². The fraction of sp³-hybridized carbons (Fsp3) is 0.188. The molecule has 1 N–H and O–H groups in total. The van der Waals surface area contributed by atoms with Crippen molar-refractivity contribution in [3.63, 3.8) is 0 Å². The van der Waals surface area contributed by atoms with E-state index in [9.17, 15) is 4.79 Å². The van der Waals surface area contributed by atoms with Crippen LogP contribution in [0.2, 0.25) is 10.0 Å². The van der Waals surface area contributed by atoms with Crippen molar-refractivity contribution in [1.29, 1.82) is 0 Å². The molecule has 3 nitrogen and oxygen atoms in total. The highest BCUT2D eigenvalue weighted by Gasteiger charge is 2.17. The molecule has 6 heteroatoms. The van der Waals surface area contributed by atoms with E-state index in [4.69, 9.17) is 27.9 Å². The fourth-order valence-corrected chi connectivity index (χ4v) is 3.18.